The van der Waals surface area contributed by atoms with Gasteiger partial charge in [-0.2, -0.15) is 4.31 Å². The molecule has 0 aromatic carbocycles. The fourth-order valence-electron chi connectivity index (χ4n) is 2.46. The minimum Gasteiger partial charge on any atom is -0.351 e. The van der Waals surface area contributed by atoms with Crippen molar-refractivity contribution in [2.24, 2.45) is 7.05 Å². The number of unbranched alkanes of at least 4 members (excludes halogenated alkanes) is 3. The smallest absolute Gasteiger partial charge is 0.267 e. The number of nitrogens with one attached hydrogen (secondary N) is 1. The number of hydrogen-bond acceptors (Lipinski definition) is 3. The Morgan fingerprint density at radius 2 is 1.83 bits per heavy atom. The van der Waals surface area contributed by atoms with E-state index in [1.165, 1.54) is 16.6 Å². The summed E-state index contributed by atoms with van der Waals surface area (Å²) < 4.78 is 27.9. The van der Waals surface area contributed by atoms with Crippen molar-refractivity contribution < 1.29 is 13.2 Å². The number of carbonyl (C=O) groups is 1. The molecule has 132 valence electrons. The highest BCUT2D eigenvalue weighted by atomic mass is 32.2. The van der Waals surface area contributed by atoms with E-state index in [2.05, 4.69) is 12.2 Å². The van der Waals surface area contributed by atoms with Gasteiger partial charge in [0, 0.05) is 32.9 Å². The first kappa shape index (κ1) is 19.7. The largest absolute Gasteiger partial charge is 0.351 e. The lowest BCUT2D eigenvalue weighted by molar-refractivity contribution is 0.0945. The summed E-state index contributed by atoms with van der Waals surface area (Å²) in [7, 11) is -1.85. The van der Waals surface area contributed by atoms with Crippen LogP contribution in [0.15, 0.2) is 17.2 Å². The maximum atomic E-state index is 12.5. The van der Waals surface area contributed by atoms with Gasteiger partial charge in [-0.1, -0.05) is 40.0 Å². The molecule has 0 aliphatic carbocycles. The molecule has 0 spiro atoms. The van der Waals surface area contributed by atoms with Crippen LogP contribution in [-0.4, -0.2) is 42.8 Å². The molecule has 6 nitrogen and oxygen atoms in total. The van der Waals surface area contributed by atoms with Crippen LogP contribution in [0.5, 0.6) is 0 Å². The van der Waals surface area contributed by atoms with E-state index >= 15 is 0 Å². The zero-order valence-corrected chi connectivity index (χ0v) is 15.4. The Morgan fingerprint density at radius 1 is 1.17 bits per heavy atom. The quantitative estimate of drug-likeness (QED) is 0.663. The van der Waals surface area contributed by atoms with Gasteiger partial charge in [-0.25, -0.2) is 8.42 Å². The molecule has 1 amide bonds. The maximum absolute atomic E-state index is 12.5. The fraction of sp³-hybridized carbons (Fsp3) is 0.688. The summed E-state index contributed by atoms with van der Waals surface area (Å²) in [6.45, 7) is 7.17. The highest BCUT2D eigenvalue weighted by Crippen LogP contribution is 2.18. The maximum Gasteiger partial charge on any atom is 0.267 e. The Kier molecular flexibility index (Phi) is 7.78. The molecule has 0 bridgehead atoms. The van der Waals surface area contributed by atoms with E-state index in [4.69, 9.17) is 0 Å². The average Bonchev–Trinajstić information content (AvgIpc) is 2.90. The van der Waals surface area contributed by atoms with Crippen molar-refractivity contribution in [3.8, 4) is 0 Å². The third-order valence-electron chi connectivity index (χ3n) is 3.87. The van der Waals surface area contributed by atoms with Gasteiger partial charge in [-0.3, -0.25) is 4.79 Å². The summed E-state index contributed by atoms with van der Waals surface area (Å²) in [4.78, 5) is 12.4. The zero-order chi connectivity index (χ0) is 17.5. The molecule has 0 fully saturated rings. The van der Waals surface area contributed by atoms with E-state index in [1.807, 2.05) is 0 Å². The number of nitrogens with zero attached hydrogens (tertiary/aromatic N) is 2. The SMILES string of the molecule is CCCCCCNC(=O)c1cc(S(=O)(=O)N(CC)CC)cn1C. The van der Waals surface area contributed by atoms with Gasteiger partial charge in [-0.15, -0.1) is 0 Å². The van der Waals surface area contributed by atoms with Gasteiger partial charge in [-0.05, 0) is 12.5 Å². The molecule has 1 aromatic heterocycles. The van der Waals surface area contributed by atoms with Crippen LogP contribution >= 0.6 is 0 Å². The second kappa shape index (κ2) is 9.08. The summed E-state index contributed by atoms with van der Waals surface area (Å²) in [6.07, 6.45) is 5.84. The van der Waals surface area contributed by atoms with Crippen LogP contribution in [0.4, 0.5) is 0 Å². The van der Waals surface area contributed by atoms with Crippen LogP contribution < -0.4 is 5.32 Å². The first-order valence-corrected chi connectivity index (χ1v) is 9.77. The molecule has 0 atom stereocenters. The minimum absolute atomic E-state index is 0.167. The molecule has 23 heavy (non-hydrogen) atoms. The van der Waals surface area contributed by atoms with E-state index in [1.54, 1.807) is 25.5 Å². The highest BCUT2D eigenvalue weighted by Gasteiger charge is 2.25. The average molecular weight is 343 g/mol. The first-order valence-electron chi connectivity index (χ1n) is 8.33. The zero-order valence-electron chi connectivity index (χ0n) is 14.6. The lowest BCUT2D eigenvalue weighted by Gasteiger charge is -2.17. The number of aromatic nitrogens is 1. The summed E-state index contributed by atoms with van der Waals surface area (Å²) in [6, 6.07) is 1.45. The molecule has 7 heteroatoms. The van der Waals surface area contributed by atoms with Crippen LogP contribution in [-0.2, 0) is 17.1 Å². The van der Waals surface area contributed by atoms with E-state index in [0.29, 0.717) is 25.3 Å². The minimum atomic E-state index is -3.54. The second-order valence-electron chi connectivity index (χ2n) is 5.58. The van der Waals surface area contributed by atoms with Crippen LogP contribution in [0, 0.1) is 0 Å². The topological polar surface area (TPSA) is 71.4 Å². The standard InChI is InChI=1S/C16H29N3O3S/c1-5-8-9-10-11-17-16(20)15-12-14(13-18(15)4)23(21,22)19(6-2)7-3/h12-13H,5-11H2,1-4H3,(H,17,20). The van der Waals surface area contributed by atoms with E-state index in [-0.39, 0.29) is 10.8 Å². The monoisotopic (exact) mass is 343 g/mol. The Bertz CT molecular complexity index is 604. The van der Waals surface area contributed by atoms with Gasteiger partial charge >= 0.3 is 0 Å². The number of carbonyl (C=O) groups excluding carboxylic acids is 1. The summed E-state index contributed by atoms with van der Waals surface area (Å²) in [5.74, 6) is -0.231. The lowest BCUT2D eigenvalue weighted by atomic mass is 10.2. The van der Waals surface area contributed by atoms with Gasteiger partial charge in [0.2, 0.25) is 10.0 Å². The van der Waals surface area contributed by atoms with Crippen LogP contribution in [0.3, 0.4) is 0 Å². The third kappa shape index (κ3) is 5.07. The summed E-state index contributed by atoms with van der Waals surface area (Å²) in [5.41, 5.74) is 0.367. The molecule has 0 aliphatic rings. The Hall–Kier alpha value is -1.34. The Morgan fingerprint density at radius 3 is 2.39 bits per heavy atom. The van der Waals surface area contributed by atoms with Gasteiger partial charge in [0.25, 0.3) is 5.91 Å². The molecule has 0 saturated carbocycles. The van der Waals surface area contributed by atoms with Crippen molar-refractivity contribution in [1.82, 2.24) is 14.2 Å². The van der Waals surface area contributed by atoms with Crippen molar-refractivity contribution >= 4 is 15.9 Å². The molecular weight excluding hydrogens is 314 g/mol. The van der Waals surface area contributed by atoms with E-state index in [9.17, 15) is 13.2 Å². The number of amides is 1. The molecule has 1 heterocycles. The number of rotatable bonds is 10. The molecule has 1 aromatic rings. The summed E-state index contributed by atoms with van der Waals surface area (Å²) >= 11 is 0. The number of sulfonamides is 1. The Labute approximate surface area is 139 Å². The Balaban J connectivity index is 2.80. The fourth-order valence-corrected chi connectivity index (χ4v) is 3.99. The van der Waals surface area contributed by atoms with Gasteiger partial charge in [0.1, 0.15) is 10.6 Å². The number of aryl methyl sites for hydroxylation is 1. The van der Waals surface area contributed by atoms with Crippen molar-refractivity contribution in [3.05, 3.63) is 18.0 Å². The number of hydrogen-bond donors (Lipinski definition) is 1. The predicted molar refractivity (Wildman–Crippen MR) is 92.0 cm³/mol. The van der Waals surface area contributed by atoms with Gasteiger partial charge < -0.3 is 9.88 Å². The van der Waals surface area contributed by atoms with Crippen LogP contribution in [0.2, 0.25) is 0 Å². The van der Waals surface area contributed by atoms with Crippen molar-refractivity contribution in [1.29, 1.82) is 0 Å². The van der Waals surface area contributed by atoms with Crippen molar-refractivity contribution in [3.63, 3.8) is 0 Å². The summed E-state index contributed by atoms with van der Waals surface area (Å²) in [5, 5.41) is 2.85. The molecule has 0 radical (unpaired) electrons. The molecule has 1 N–H and O–H groups in total. The van der Waals surface area contributed by atoms with Crippen LogP contribution in [0.25, 0.3) is 0 Å². The van der Waals surface area contributed by atoms with Crippen LogP contribution in [0.1, 0.15) is 56.9 Å². The van der Waals surface area contributed by atoms with E-state index in [0.717, 1.165) is 25.7 Å². The molecule has 0 unspecified atom stereocenters. The lowest BCUT2D eigenvalue weighted by Crippen LogP contribution is -2.30. The predicted octanol–water partition coefficient (Wildman–Crippen LogP) is 2.37. The third-order valence-corrected chi connectivity index (χ3v) is 5.89. The second-order valence-corrected chi connectivity index (χ2v) is 7.52. The normalized spacial score (nSPS) is 11.9. The van der Waals surface area contributed by atoms with Gasteiger partial charge in [0.15, 0.2) is 0 Å². The molecular formula is C16H29N3O3S. The van der Waals surface area contributed by atoms with Crippen molar-refractivity contribution in [2.45, 2.75) is 51.3 Å². The molecule has 0 aliphatic heterocycles. The van der Waals surface area contributed by atoms with Crippen molar-refractivity contribution in [2.75, 3.05) is 19.6 Å². The van der Waals surface area contributed by atoms with E-state index < -0.39 is 10.0 Å². The molecule has 0 saturated heterocycles. The van der Waals surface area contributed by atoms with Gasteiger partial charge in [0.05, 0.1) is 0 Å². The first-order chi connectivity index (χ1) is 10.9. The highest BCUT2D eigenvalue weighted by molar-refractivity contribution is 7.89. The molecule has 1 rings (SSSR count).